The number of anilines is 1. The Kier molecular flexibility index (Phi) is 4.21. The lowest BCUT2D eigenvalue weighted by Crippen LogP contribution is -2.36. The third-order valence-electron chi connectivity index (χ3n) is 5.15. The summed E-state index contributed by atoms with van der Waals surface area (Å²) in [4.78, 5) is 24.2. The summed E-state index contributed by atoms with van der Waals surface area (Å²) in [5, 5.41) is 12.3. The van der Waals surface area contributed by atoms with Gasteiger partial charge in [-0.3, -0.25) is 9.59 Å². The Labute approximate surface area is 151 Å². The predicted octanol–water partition coefficient (Wildman–Crippen LogP) is 3.94. The molecule has 1 saturated carbocycles. The molecule has 2 aromatic rings. The van der Waals surface area contributed by atoms with Crippen LogP contribution < -0.4 is 10.1 Å². The number of nitrogens with one attached hydrogen (secondary N) is 1. The van der Waals surface area contributed by atoms with Crippen molar-refractivity contribution in [3.63, 3.8) is 0 Å². The smallest absolute Gasteiger partial charge is 0.307 e. The van der Waals surface area contributed by atoms with Gasteiger partial charge in [0.2, 0.25) is 5.91 Å². The molecule has 4 rings (SSSR count). The molecule has 5 nitrogen and oxygen atoms in total. The molecular weight excluding hydrogens is 330 g/mol. The first kappa shape index (κ1) is 16.4. The van der Waals surface area contributed by atoms with Gasteiger partial charge in [0.15, 0.2) is 0 Å². The van der Waals surface area contributed by atoms with Crippen LogP contribution in [-0.4, -0.2) is 17.0 Å². The first-order chi connectivity index (χ1) is 12.6. The zero-order valence-corrected chi connectivity index (χ0v) is 14.0. The number of rotatable bonds is 5. The Bertz CT molecular complexity index is 844. The van der Waals surface area contributed by atoms with Gasteiger partial charge in [0.1, 0.15) is 11.5 Å². The molecule has 0 heterocycles. The van der Waals surface area contributed by atoms with Crippen molar-refractivity contribution >= 4 is 17.6 Å². The molecule has 26 heavy (non-hydrogen) atoms. The summed E-state index contributed by atoms with van der Waals surface area (Å²) >= 11 is 0. The highest BCUT2D eigenvalue weighted by molar-refractivity contribution is 5.96. The second kappa shape index (κ2) is 6.67. The van der Waals surface area contributed by atoms with E-state index in [1.165, 1.54) is 0 Å². The Balaban J connectivity index is 1.43. The number of benzene rings is 2. The maximum atomic E-state index is 12.7. The maximum absolute atomic E-state index is 12.7. The van der Waals surface area contributed by atoms with Gasteiger partial charge < -0.3 is 15.2 Å². The molecule has 0 aliphatic heterocycles. The number of carboxylic acids is 1. The molecule has 1 amide bonds. The first-order valence-electron chi connectivity index (χ1n) is 8.67. The molecule has 2 N–H and O–H groups in total. The Morgan fingerprint density at radius 3 is 2.15 bits per heavy atom. The Morgan fingerprint density at radius 1 is 0.885 bits per heavy atom. The SMILES string of the molecule is O=C(Nc1ccc(Oc2ccccc2)cc1)[C@@H]1[C@H](C(=O)O)[C@H]2C=C[C@H]1C2. The molecule has 4 atom stereocenters. The van der Waals surface area contributed by atoms with Crippen molar-refractivity contribution in [2.24, 2.45) is 23.7 Å². The summed E-state index contributed by atoms with van der Waals surface area (Å²) in [6.07, 6.45) is 4.66. The molecule has 2 aliphatic rings. The van der Waals surface area contributed by atoms with Crippen molar-refractivity contribution in [3.8, 4) is 11.5 Å². The van der Waals surface area contributed by atoms with Crippen LogP contribution in [0.15, 0.2) is 66.7 Å². The molecule has 0 radical (unpaired) electrons. The van der Waals surface area contributed by atoms with Gasteiger partial charge in [0.05, 0.1) is 11.8 Å². The van der Waals surface area contributed by atoms with Gasteiger partial charge in [-0.2, -0.15) is 0 Å². The molecule has 132 valence electrons. The predicted molar refractivity (Wildman–Crippen MR) is 96.9 cm³/mol. The molecule has 0 saturated heterocycles. The fourth-order valence-electron chi connectivity index (χ4n) is 3.97. The van der Waals surface area contributed by atoms with E-state index in [2.05, 4.69) is 5.32 Å². The number of amides is 1. The lowest BCUT2D eigenvalue weighted by atomic mass is 9.82. The van der Waals surface area contributed by atoms with E-state index in [0.29, 0.717) is 11.4 Å². The minimum absolute atomic E-state index is 0.0155. The number of carboxylic acid groups (broad SMARTS) is 1. The van der Waals surface area contributed by atoms with Gasteiger partial charge in [-0.25, -0.2) is 0 Å². The fraction of sp³-hybridized carbons (Fsp3) is 0.238. The number of carbonyl (C=O) groups is 2. The minimum Gasteiger partial charge on any atom is -0.481 e. The number of para-hydroxylation sites is 1. The highest BCUT2D eigenvalue weighted by atomic mass is 16.5. The van der Waals surface area contributed by atoms with Crippen LogP contribution in [0.2, 0.25) is 0 Å². The van der Waals surface area contributed by atoms with Gasteiger partial charge in [0, 0.05) is 5.69 Å². The van der Waals surface area contributed by atoms with Crippen molar-refractivity contribution in [2.75, 3.05) is 5.32 Å². The lowest BCUT2D eigenvalue weighted by molar-refractivity contribution is -0.146. The Hall–Kier alpha value is -3.08. The summed E-state index contributed by atoms with van der Waals surface area (Å²) in [6, 6.07) is 16.5. The molecule has 2 aromatic carbocycles. The van der Waals surface area contributed by atoms with Crippen LogP contribution in [0.25, 0.3) is 0 Å². The van der Waals surface area contributed by atoms with Crippen molar-refractivity contribution in [3.05, 3.63) is 66.7 Å². The van der Waals surface area contributed by atoms with E-state index < -0.39 is 17.8 Å². The highest BCUT2D eigenvalue weighted by Gasteiger charge is 2.51. The highest BCUT2D eigenvalue weighted by Crippen LogP contribution is 2.48. The number of carbonyl (C=O) groups excluding carboxylic acids is 1. The first-order valence-corrected chi connectivity index (χ1v) is 8.67. The number of allylic oxidation sites excluding steroid dienone is 2. The number of hydrogen-bond acceptors (Lipinski definition) is 3. The van der Waals surface area contributed by atoms with Crippen molar-refractivity contribution in [2.45, 2.75) is 6.42 Å². The number of fused-ring (bicyclic) bond motifs is 2. The van der Waals surface area contributed by atoms with Crippen molar-refractivity contribution < 1.29 is 19.4 Å². The van der Waals surface area contributed by atoms with Crippen molar-refractivity contribution in [1.82, 2.24) is 0 Å². The van der Waals surface area contributed by atoms with E-state index in [1.54, 1.807) is 24.3 Å². The molecule has 0 aromatic heterocycles. The van der Waals surface area contributed by atoms with Crippen LogP contribution in [-0.2, 0) is 9.59 Å². The molecule has 2 aliphatic carbocycles. The zero-order valence-electron chi connectivity index (χ0n) is 14.0. The Morgan fingerprint density at radius 2 is 1.50 bits per heavy atom. The van der Waals surface area contributed by atoms with E-state index in [4.69, 9.17) is 4.74 Å². The summed E-state index contributed by atoms with van der Waals surface area (Å²) in [6.45, 7) is 0. The van der Waals surface area contributed by atoms with E-state index in [-0.39, 0.29) is 17.7 Å². The average Bonchev–Trinajstić information content (AvgIpc) is 3.25. The van der Waals surface area contributed by atoms with Gasteiger partial charge in [0.25, 0.3) is 0 Å². The van der Waals surface area contributed by atoms with Gasteiger partial charge in [-0.15, -0.1) is 0 Å². The number of aliphatic carboxylic acids is 1. The van der Waals surface area contributed by atoms with E-state index in [9.17, 15) is 14.7 Å². The van der Waals surface area contributed by atoms with Gasteiger partial charge in [-0.1, -0.05) is 30.4 Å². The molecular formula is C21H19NO4. The number of ether oxygens (including phenoxy) is 1. The summed E-state index contributed by atoms with van der Waals surface area (Å²) < 4.78 is 5.73. The van der Waals surface area contributed by atoms with Crippen LogP contribution >= 0.6 is 0 Å². The normalized spacial score (nSPS) is 25.8. The van der Waals surface area contributed by atoms with Gasteiger partial charge in [-0.05, 0) is 54.7 Å². The van der Waals surface area contributed by atoms with E-state index in [0.717, 1.165) is 12.2 Å². The van der Waals surface area contributed by atoms with Crippen LogP contribution in [0, 0.1) is 23.7 Å². The average molecular weight is 349 g/mol. The summed E-state index contributed by atoms with van der Waals surface area (Å²) in [7, 11) is 0. The molecule has 5 heteroatoms. The van der Waals surface area contributed by atoms with Crippen LogP contribution in [0.3, 0.4) is 0 Å². The van der Waals surface area contributed by atoms with E-state index >= 15 is 0 Å². The summed E-state index contributed by atoms with van der Waals surface area (Å²) in [5.74, 6) is -0.882. The molecule has 0 unspecified atom stereocenters. The van der Waals surface area contributed by atoms with Crippen LogP contribution in [0.4, 0.5) is 5.69 Å². The monoisotopic (exact) mass is 349 g/mol. The van der Waals surface area contributed by atoms with Gasteiger partial charge >= 0.3 is 5.97 Å². The maximum Gasteiger partial charge on any atom is 0.307 e. The lowest BCUT2D eigenvalue weighted by Gasteiger charge is -2.23. The second-order valence-corrected chi connectivity index (χ2v) is 6.77. The standard InChI is InChI=1S/C21H19NO4/c23-20(18-13-6-7-14(12-13)19(18)21(24)25)22-15-8-10-17(11-9-15)26-16-4-2-1-3-5-16/h1-11,13-14,18-19H,12H2,(H,22,23)(H,24,25)/t13-,14-,18-,19+/m0/s1. The van der Waals surface area contributed by atoms with E-state index in [1.807, 2.05) is 42.5 Å². The largest absolute Gasteiger partial charge is 0.481 e. The topological polar surface area (TPSA) is 75.6 Å². The molecule has 0 spiro atoms. The quantitative estimate of drug-likeness (QED) is 0.802. The fourth-order valence-corrected chi connectivity index (χ4v) is 3.97. The molecule has 1 fully saturated rings. The third-order valence-corrected chi connectivity index (χ3v) is 5.15. The van der Waals surface area contributed by atoms with Crippen LogP contribution in [0.5, 0.6) is 11.5 Å². The van der Waals surface area contributed by atoms with Crippen molar-refractivity contribution in [1.29, 1.82) is 0 Å². The third kappa shape index (κ3) is 3.08. The molecule has 2 bridgehead atoms. The zero-order chi connectivity index (χ0) is 18.1. The minimum atomic E-state index is -0.895. The summed E-state index contributed by atoms with van der Waals surface area (Å²) in [5.41, 5.74) is 0.631. The second-order valence-electron chi connectivity index (χ2n) is 6.77. The number of hydrogen-bond donors (Lipinski definition) is 2. The van der Waals surface area contributed by atoms with Crippen LogP contribution in [0.1, 0.15) is 6.42 Å².